The number of hydrogen-bond donors (Lipinski definition) is 3. The van der Waals surface area contributed by atoms with Crippen molar-refractivity contribution in [1.82, 2.24) is 0 Å². The summed E-state index contributed by atoms with van der Waals surface area (Å²) in [6, 6.07) is 3.31. The van der Waals surface area contributed by atoms with Crippen molar-refractivity contribution in [3.63, 3.8) is 0 Å². The van der Waals surface area contributed by atoms with E-state index in [0.717, 1.165) is 6.07 Å². The fourth-order valence-electron chi connectivity index (χ4n) is 1.76. The summed E-state index contributed by atoms with van der Waals surface area (Å²) in [6.45, 7) is 0. The van der Waals surface area contributed by atoms with Crippen LogP contribution in [0.25, 0.3) is 0 Å². The summed E-state index contributed by atoms with van der Waals surface area (Å²) in [4.78, 5) is 32.3. The number of nitrogens with zero attached hydrogens (tertiary/aromatic N) is 1. The van der Waals surface area contributed by atoms with Crippen molar-refractivity contribution < 1.29 is 24.7 Å². The second-order valence-electron chi connectivity index (χ2n) is 4.23. The van der Waals surface area contributed by atoms with E-state index in [1.54, 1.807) is 0 Å². The quantitative estimate of drug-likeness (QED) is 0.422. The maximum Gasteiger partial charge on any atom is 0.307 e. The Morgan fingerprint density at radius 2 is 2.05 bits per heavy atom. The highest BCUT2D eigenvalue weighted by Crippen LogP contribution is 2.40. The van der Waals surface area contributed by atoms with Crippen molar-refractivity contribution in [2.45, 2.75) is 6.42 Å². The molecule has 0 aromatic heterocycles. The van der Waals surface area contributed by atoms with E-state index in [9.17, 15) is 19.7 Å². The van der Waals surface area contributed by atoms with Crippen LogP contribution in [-0.4, -0.2) is 27.0 Å². The van der Waals surface area contributed by atoms with Crippen molar-refractivity contribution >= 4 is 23.3 Å². The Bertz CT molecular complexity index is 570. The van der Waals surface area contributed by atoms with Gasteiger partial charge in [0, 0.05) is 0 Å². The van der Waals surface area contributed by atoms with E-state index in [4.69, 9.17) is 10.2 Å². The summed E-state index contributed by atoms with van der Waals surface area (Å²) in [5.74, 6) is -3.30. The average Bonchev–Trinajstić information content (AvgIpc) is 3.11. The monoisotopic (exact) mass is 266 g/mol. The van der Waals surface area contributed by atoms with Gasteiger partial charge in [-0.3, -0.25) is 19.7 Å². The Labute approximate surface area is 106 Å². The summed E-state index contributed by atoms with van der Waals surface area (Å²) in [7, 11) is 0. The number of anilines is 1. The maximum atomic E-state index is 11.7. The number of carboxylic acids is 1. The number of aliphatic carboxylic acids is 1. The van der Waals surface area contributed by atoms with Crippen LogP contribution in [0.3, 0.4) is 0 Å². The van der Waals surface area contributed by atoms with Crippen LogP contribution in [-0.2, 0) is 9.59 Å². The molecule has 8 heteroatoms. The first-order valence-corrected chi connectivity index (χ1v) is 5.41. The van der Waals surface area contributed by atoms with Gasteiger partial charge in [-0.25, -0.2) is 0 Å². The van der Waals surface area contributed by atoms with Gasteiger partial charge in [-0.1, -0.05) is 0 Å². The largest absolute Gasteiger partial charge is 0.508 e. The van der Waals surface area contributed by atoms with Crippen LogP contribution in [0.2, 0.25) is 0 Å². The van der Waals surface area contributed by atoms with Gasteiger partial charge < -0.3 is 15.5 Å². The van der Waals surface area contributed by atoms with Gasteiger partial charge in [-0.05, 0) is 18.6 Å². The van der Waals surface area contributed by atoms with Crippen molar-refractivity contribution in [3.05, 3.63) is 28.3 Å². The molecular formula is C11H10N2O6. The topological polar surface area (TPSA) is 130 Å². The number of nitro groups is 1. The third kappa shape index (κ3) is 2.62. The molecule has 0 aliphatic heterocycles. The molecule has 1 saturated carbocycles. The lowest BCUT2D eigenvalue weighted by atomic mass is 10.2. The molecule has 1 aromatic rings. The Hall–Kier alpha value is -2.64. The predicted octanol–water partition coefficient (Wildman–Crippen LogP) is 0.960. The number of nitrogens with one attached hydrogen (secondary N) is 1. The number of nitro benzene ring substituents is 1. The molecule has 2 rings (SSSR count). The van der Waals surface area contributed by atoms with Crippen molar-refractivity contribution in [2.75, 3.05) is 5.32 Å². The highest BCUT2D eigenvalue weighted by molar-refractivity contribution is 5.99. The first-order chi connectivity index (χ1) is 8.90. The van der Waals surface area contributed by atoms with Gasteiger partial charge in [0.1, 0.15) is 11.4 Å². The zero-order valence-electron chi connectivity index (χ0n) is 9.57. The van der Waals surface area contributed by atoms with E-state index in [0.29, 0.717) is 0 Å². The Morgan fingerprint density at radius 3 is 2.58 bits per heavy atom. The second kappa shape index (κ2) is 4.56. The Morgan fingerprint density at radius 1 is 1.37 bits per heavy atom. The van der Waals surface area contributed by atoms with Gasteiger partial charge in [-0.2, -0.15) is 0 Å². The SMILES string of the molecule is O=C(O)C1CC1C(=O)Nc1ccc(O)cc1[N+](=O)[O-]. The summed E-state index contributed by atoms with van der Waals surface area (Å²) in [5.41, 5.74) is -0.510. The number of phenols is 1. The third-order valence-corrected chi connectivity index (χ3v) is 2.88. The molecule has 0 saturated heterocycles. The first kappa shape index (κ1) is 12.8. The molecule has 8 nitrogen and oxygen atoms in total. The third-order valence-electron chi connectivity index (χ3n) is 2.88. The van der Waals surface area contributed by atoms with Crippen LogP contribution < -0.4 is 5.32 Å². The highest BCUT2D eigenvalue weighted by atomic mass is 16.6. The summed E-state index contributed by atoms with van der Waals surface area (Å²) < 4.78 is 0. The molecule has 100 valence electrons. The Balaban J connectivity index is 2.14. The van der Waals surface area contributed by atoms with Crippen LogP contribution in [0.4, 0.5) is 11.4 Å². The number of rotatable bonds is 4. The van der Waals surface area contributed by atoms with Gasteiger partial charge in [0.05, 0.1) is 22.8 Å². The van der Waals surface area contributed by atoms with E-state index in [-0.39, 0.29) is 17.9 Å². The van der Waals surface area contributed by atoms with Crippen molar-refractivity contribution in [1.29, 1.82) is 0 Å². The van der Waals surface area contributed by atoms with E-state index >= 15 is 0 Å². The molecule has 1 aromatic carbocycles. The number of benzene rings is 1. The first-order valence-electron chi connectivity index (χ1n) is 5.41. The van der Waals surface area contributed by atoms with E-state index in [1.807, 2.05) is 0 Å². The zero-order valence-corrected chi connectivity index (χ0v) is 9.57. The lowest BCUT2D eigenvalue weighted by Crippen LogP contribution is -2.17. The number of carbonyl (C=O) groups excluding carboxylic acids is 1. The Kier molecular flexibility index (Phi) is 3.07. The molecule has 0 bridgehead atoms. The molecule has 1 aliphatic carbocycles. The predicted molar refractivity (Wildman–Crippen MR) is 62.6 cm³/mol. The molecule has 0 spiro atoms. The number of carboxylic acid groups (broad SMARTS) is 1. The zero-order chi connectivity index (χ0) is 14.2. The van der Waals surface area contributed by atoms with Crippen LogP contribution in [0, 0.1) is 22.0 Å². The number of hydrogen-bond acceptors (Lipinski definition) is 5. The molecule has 0 radical (unpaired) electrons. The van der Waals surface area contributed by atoms with Gasteiger partial charge in [0.15, 0.2) is 0 Å². The molecule has 2 unspecified atom stereocenters. The molecule has 2 atom stereocenters. The van der Waals surface area contributed by atoms with Gasteiger partial charge >= 0.3 is 5.97 Å². The van der Waals surface area contributed by atoms with Crippen LogP contribution in [0.1, 0.15) is 6.42 Å². The molecular weight excluding hydrogens is 256 g/mol. The van der Waals surface area contributed by atoms with Gasteiger partial charge in [0.25, 0.3) is 5.69 Å². The number of carbonyl (C=O) groups is 2. The second-order valence-corrected chi connectivity index (χ2v) is 4.23. The minimum absolute atomic E-state index is 0.0659. The summed E-state index contributed by atoms with van der Waals surface area (Å²) in [6.07, 6.45) is 0.229. The number of aromatic hydroxyl groups is 1. The van der Waals surface area contributed by atoms with Gasteiger partial charge in [-0.15, -0.1) is 0 Å². The molecule has 1 amide bonds. The fourth-order valence-corrected chi connectivity index (χ4v) is 1.76. The standard InChI is InChI=1S/C11H10N2O6/c14-5-1-2-8(9(3-5)13(18)19)12-10(15)6-4-7(6)11(16)17/h1-3,6-7,14H,4H2,(H,12,15)(H,16,17). The minimum atomic E-state index is -1.06. The van der Waals surface area contributed by atoms with E-state index in [1.165, 1.54) is 12.1 Å². The fraction of sp³-hybridized carbons (Fsp3) is 0.273. The number of phenolic OH excluding ortho intramolecular Hbond substituents is 1. The van der Waals surface area contributed by atoms with Crippen LogP contribution in [0.15, 0.2) is 18.2 Å². The molecule has 19 heavy (non-hydrogen) atoms. The summed E-state index contributed by atoms with van der Waals surface area (Å²) >= 11 is 0. The summed E-state index contributed by atoms with van der Waals surface area (Å²) in [5, 5.41) is 30.9. The molecule has 1 fully saturated rings. The lowest BCUT2D eigenvalue weighted by molar-refractivity contribution is -0.384. The van der Waals surface area contributed by atoms with Gasteiger partial charge in [0.2, 0.25) is 5.91 Å². The van der Waals surface area contributed by atoms with E-state index in [2.05, 4.69) is 5.32 Å². The van der Waals surface area contributed by atoms with Crippen LogP contribution >= 0.6 is 0 Å². The lowest BCUT2D eigenvalue weighted by Gasteiger charge is -2.05. The maximum absolute atomic E-state index is 11.7. The number of amides is 1. The average molecular weight is 266 g/mol. The normalized spacial score (nSPS) is 20.6. The molecule has 0 heterocycles. The molecule has 1 aliphatic rings. The smallest absolute Gasteiger partial charge is 0.307 e. The minimum Gasteiger partial charge on any atom is -0.508 e. The van der Waals surface area contributed by atoms with Crippen LogP contribution in [0.5, 0.6) is 5.75 Å². The highest BCUT2D eigenvalue weighted by Gasteiger charge is 2.48. The van der Waals surface area contributed by atoms with Crippen molar-refractivity contribution in [3.8, 4) is 5.75 Å². The van der Waals surface area contributed by atoms with Crippen molar-refractivity contribution in [2.24, 2.45) is 11.8 Å². The molecule has 3 N–H and O–H groups in total. The van der Waals surface area contributed by atoms with E-state index < -0.39 is 34.3 Å².